The minimum absolute atomic E-state index is 0.0749. The first kappa shape index (κ1) is 10.7. The standard InChI is InChI=1S/C7H7N2O4P/c8-7(14(12)13)5-1-3-6(4-2-5)9(10)11/h1-4,7H,8H2/p+1. The Morgan fingerprint density at radius 1 is 1.43 bits per heavy atom. The zero-order valence-electron chi connectivity index (χ0n) is 7.03. The molecule has 1 rings (SSSR count). The second-order valence-electron chi connectivity index (χ2n) is 2.60. The maximum absolute atomic E-state index is 10.6. The highest BCUT2D eigenvalue weighted by Gasteiger charge is 2.26. The molecule has 14 heavy (non-hydrogen) atoms. The van der Waals surface area contributed by atoms with Crippen LogP contribution in [-0.4, -0.2) is 9.82 Å². The molecule has 0 saturated carbocycles. The van der Waals surface area contributed by atoms with Gasteiger partial charge in [0, 0.05) is 17.7 Å². The number of benzene rings is 1. The van der Waals surface area contributed by atoms with Crippen LogP contribution in [0.4, 0.5) is 5.69 Å². The van der Waals surface area contributed by atoms with Crippen molar-refractivity contribution in [2.45, 2.75) is 5.78 Å². The van der Waals surface area contributed by atoms with E-state index < -0.39 is 18.7 Å². The fourth-order valence-corrected chi connectivity index (χ4v) is 1.35. The highest BCUT2D eigenvalue weighted by molar-refractivity contribution is 7.38. The first-order chi connectivity index (χ1) is 6.52. The van der Waals surface area contributed by atoms with E-state index in [-0.39, 0.29) is 5.69 Å². The van der Waals surface area contributed by atoms with Gasteiger partial charge in [-0.2, -0.15) is 4.89 Å². The smallest absolute Gasteiger partial charge is 0.281 e. The van der Waals surface area contributed by atoms with Crippen molar-refractivity contribution in [3.8, 4) is 0 Å². The maximum Gasteiger partial charge on any atom is 0.529 e. The Bertz CT molecular complexity index is 364. The fraction of sp³-hybridized carbons (Fsp3) is 0.143. The van der Waals surface area contributed by atoms with Crippen molar-refractivity contribution in [1.29, 1.82) is 0 Å². The van der Waals surface area contributed by atoms with Gasteiger partial charge in [-0.15, -0.1) is 0 Å². The molecule has 74 valence electrons. The molecule has 0 saturated heterocycles. The number of hydrogen-bond donors (Lipinski definition) is 2. The Morgan fingerprint density at radius 3 is 2.29 bits per heavy atom. The van der Waals surface area contributed by atoms with Gasteiger partial charge in [0.2, 0.25) is 0 Å². The minimum Gasteiger partial charge on any atom is -0.281 e. The van der Waals surface area contributed by atoms with Gasteiger partial charge in [0.05, 0.1) is 4.92 Å². The van der Waals surface area contributed by atoms with Crippen LogP contribution in [0, 0.1) is 10.1 Å². The van der Waals surface area contributed by atoms with Crippen molar-refractivity contribution in [3.05, 3.63) is 39.9 Å². The molecule has 2 unspecified atom stereocenters. The third kappa shape index (κ3) is 2.32. The molecule has 0 aliphatic heterocycles. The number of nitro benzene ring substituents is 1. The van der Waals surface area contributed by atoms with Crippen molar-refractivity contribution in [3.63, 3.8) is 0 Å². The number of nitrogens with two attached hydrogens (primary N) is 1. The second kappa shape index (κ2) is 4.23. The SMILES string of the molecule is NC(c1ccc([N+](=O)[O-])cc1)[P+](=O)O. The van der Waals surface area contributed by atoms with Gasteiger partial charge in [-0.25, -0.2) is 0 Å². The molecule has 3 N–H and O–H groups in total. The largest absolute Gasteiger partial charge is 0.529 e. The van der Waals surface area contributed by atoms with E-state index in [9.17, 15) is 14.7 Å². The Balaban J connectivity index is 2.94. The molecule has 0 aromatic heterocycles. The highest BCUT2D eigenvalue weighted by Crippen LogP contribution is 2.32. The molecule has 0 aliphatic carbocycles. The summed E-state index contributed by atoms with van der Waals surface area (Å²) in [6.07, 6.45) is 0. The van der Waals surface area contributed by atoms with Gasteiger partial charge >= 0.3 is 8.03 Å². The topological polar surface area (TPSA) is 106 Å². The van der Waals surface area contributed by atoms with Crippen molar-refractivity contribution < 1.29 is 14.4 Å². The molecule has 0 heterocycles. The third-order valence-corrected chi connectivity index (χ3v) is 2.46. The van der Waals surface area contributed by atoms with Gasteiger partial charge in [-0.1, -0.05) is 0 Å². The summed E-state index contributed by atoms with van der Waals surface area (Å²) in [6, 6.07) is 5.22. The predicted molar refractivity (Wildman–Crippen MR) is 49.9 cm³/mol. The lowest BCUT2D eigenvalue weighted by Crippen LogP contribution is -2.05. The molecule has 2 atom stereocenters. The molecule has 0 aliphatic rings. The molecule has 6 nitrogen and oxygen atoms in total. The summed E-state index contributed by atoms with van der Waals surface area (Å²) in [6.45, 7) is 0. The van der Waals surface area contributed by atoms with E-state index in [4.69, 9.17) is 10.6 Å². The summed E-state index contributed by atoms with van der Waals surface area (Å²) in [5.74, 6) is -0.995. The monoisotopic (exact) mass is 215 g/mol. The van der Waals surface area contributed by atoms with Crippen molar-refractivity contribution in [2.75, 3.05) is 0 Å². The molecule has 7 heteroatoms. The van der Waals surface area contributed by atoms with Crippen LogP contribution < -0.4 is 5.73 Å². The maximum atomic E-state index is 10.6. The van der Waals surface area contributed by atoms with Crippen LogP contribution in [0.2, 0.25) is 0 Å². The average molecular weight is 215 g/mol. The summed E-state index contributed by atoms with van der Waals surface area (Å²) in [4.78, 5) is 18.4. The fourth-order valence-electron chi connectivity index (χ4n) is 0.921. The number of hydrogen-bond acceptors (Lipinski definition) is 4. The lowest BCUT2D eigenvalue weighted by atomic mass is 10.2. The first-order valence-corrected chi connectivity index (χ1v) is 4.95. The minimum atomic E-state index is -2.51. The Morgan fingerprint density at radius 2 is 1.93 bits per heavy atom. The molecular weight excluding hydrogens is 207 g/mol. The zero-order valence-corrected chi connectivity index (χ0v) is 7.92. The number of rotatable bonds is 3. The Labute approximate surface area is 80.4 Å². The van der Waals surface area contributed by atoms with Crippen LogP contribution in [0.1, 0.15) is 11.3 Å². The van der Waals surface area contributed by atoms with Gasteiger partial charge in [-0.3, -0.25) is 15.8 Å². The van der Waals surface area contributed by atoms with Gasteiger partial charge in [0.15, 0.2) is 0 Å². The van der Waals surface area contributed by atoms with Crippen LogP contribution in [0.25, 0.3) is 0 Å². The molecule has 1 aromatic carbocycles. The number of nitrogens with zero attached hydrogens (tertiary/aromatic N) is 1. The summed E-state index contributed by atoms with van der Waals surface area (Å²) in [7, 11) is -2.51. The van der Waals surface area contributed by atoms with E-state index in [2.05, 4.69) is 0 Å². The normalized spacial score (nSPS) is 13.4. The lowest BCUT2D eigenvalue weighted by molar-refractivity contribution is -0.384. The van der Waals surface area contributed by atoms with E-state index in [0.29, 0.717) is 5.56 Å². The molecule has 0 bridgehead atoms. The van der Waals surface area contributed by atoms with Crippen molar-refractivity contribution >= 4 is 13.7 Å². The highest BCUT2D eigenvalue weighted by atomic mass is 31.1. The van der Waals surface area contributed by atoms with Crippen LogP contribution in [-0.2, 0) is 4.57 Å². The van der Waals surface area contributed by atoms with Crippen molar-refractivity contribution in [1.82, 2.24) is 0 Å². The summed E-state index contributed by atoms with van der Waals surface area (Å²) < 4.78 is 10.6. The number of non-ortho nitro benzene ring substituents is 1. The molecule has 0 radical (unpaired) electrons. The summed E-state index contributed by atoms with van der Waals surface area (Å²) >= 11 is 0. The Kier molecular flexibility index (Phi) is 3.24. The zero-order chi connectivity index (χ0) is 10.7. The van der Waals surface area contributed by atoms with E-state index in [1.165, 1.54) is 24.3 Å². The van der Waals surface area contributed by atoms with Crippen LogP contribution in [0.5, 0.6) is 0 Å². The van der Waals surface area contributed by atoms with Crippen LogP contribution in [0.3, 0.4) is 0 Å². The molecule has 0 spiro atoms. The van der Waals surface area contributed by atoms with Gasteiger partial charge in [0.1, 0.15) is 0 Å². The summed E-state index contributed by atoms with van der Waals surface area (Å²) in [5, 5.41) is 10.3. The quantitative estimate of drug-likeness (QED) is 0.448. The Hall–Kier alpha value is -1.36. The predicted octanol–water partition coefficient (Wildman–Crippen LogP) is 1.29. The molecule has 1 aromatic rings. The van der Waals surface area contributed by atoms with E-state index in [1.54, 1.807) is 0 Å². The second-order valence-corrected chi connectivity index (χ2v) is 3.76. The molecule has 0 fully saturated rings. The van der Waals surface area contributed by atoms with Crippen LogP contribution in [0.15, 0.2) is 24.3 Å². The average Bonchev–Trinajstić information content (AvgIpc) is 2.16. The first-order valence-electron chi connectivity index (χ1n) is 3.67. The molecular formula is C7H8N2O4P+. The lowest BCUT2D eigenvalue weighted by Gasteiger charge is -1.97. The van der Waals surface area contributed by atoms with Gasteiger partial charge < -0.3 is 0 Å². The summed E-state index contributed by atoms with van der Waals surface area (Å²) in [5.41, 5.74) is 5.69. The molecule has 0 amide bonds. The van der Waals surface area contributed by atoms with Crippen molar-refractivity contribution in [2.24, 2.45) is 5.73 Å². The van der Waals surface area contributed by atoms with Gasteiger partial charge in [-0.05, 0) is 16.7 Å². The van der Waals surface area contributed by atoms with E-state index in [0.717, 1.165) is 0 Å². The van der Waals surface area contributed by atoms with Gasteiger partial charge in [0.25, 0.3) is 11.5 Å². The van der Waals surface area contributed by atoms with E-state index >= 15 is 0 Å². The third-order valence-electron chi connectivity index (χ3n) is 1.68. The number of nitro groups is 1. The van der Waals surface area contributed by atoms with E-state index in [1.807, 2.05) is 0 Å². The van der Waals surface area contributed by atoms with Crippen LogP contribution >= 0.6 is 8.03 Å².